The molecule has 7 heteroatoms. The fourth-order valence-corrected chi connectivity index (χ4v) is 4.26. The lowest BCUT2D eigenvalue weighted by atomic mass is 10.1. The van der Waals surface area contributed by atoms with Gasteiger partial charge in [0.25, 0.3) is 5.56 Å². The van der Waals surface area contributed by atoms with Crippen molar-refractivity contribution < 1.29 is 13.9 Å². The van der Waals surface area contributed by atoms with E-state index in [0.717, 1.165) is 26.6 Å². The molecule has 0 unspecified atom stereocenters. The number of hydrogen-bond donors (Lipinski definition) is 0. The second-order valence-corrected chi connectivity index (χ2v) is 8.04. The molecule has 0 N–H and O–H groups in total. The second-order valence-electron chi connectivity index (χ2n) is 6.83. The largest absolute Gasteiger partial charge is 0.460 e. The Hall–Kier alpha value is -3.45. The minimum Gasteiger partial charge on any atom is -0.460 e. The smallest absolute Gasteiger partial charge is 0.313 e. The van der Waals surface area contributed by atoms with Crippen LogP contribution in [-0.2, 0) is 22.6 Å². The van der Waals surface area contributed by atoms with E-state index in [4.69, 9.17) is 9.15 Å². The minimum absolute atomic E-state index is 0.0162. The van der Waals surface area contributed by atoms with Gasteiger partial charge in [0.05, 0.1) is 5.69 Å². The highest BCUT2D eigenvalue weighted by atomic mass is 32.1. The lowest BCUT2D eigenvalue weighted by Crippen LogP contribution is -2.15. The molecule has 144 valence electrons. The van der Waals surface area contributed by atoms with Gasteiger partial charge in [-0.25, -0.2) is 4.98 Å². The van der Waals surface area contributed by atoms with Gasteiger partial charge in [0.15, 0.2) is 4.96 Å². The number of rotatable bonds is 4. The summed E-state index contributed by atoms with van der Waals surface area (Å²) >= 11 is 1.42. The van der Waals surface area contributed by atoms with Crippen LogP contribution in [0.2, 0.25) is 0 Å². The SMILES string of the molecule is Cc1cn2c(=O)cc(COC(=O)Cc3cc4c(ccc5ccccc54)o3)nc2s1. The first-order chi connectivity index (χ1) is 14.1. The van der Waals surface area contributed by atoms with Gasteiger partial charge in [-0.2, -0.15) is 0 Å². The lowest BCUT2D eigenvalue weighted by Gasteiger charge is -2.03. The van der Waals surface area contributed by atoms with E-state index >= 15 is 0 Å². The molecular weight excluding hydrogens is 388 g/mol. The summed E-state index contributed by atoms with van der Waals surface area (Å²) in [6.45, 7) is 1.86. The normalized spacial score (nSPS) is 11.5. The number of hydrogen-bond acceptors (Lipinski definition) is 6. The van der Waals surface area contributed by atoms with Crippen LogP contribution >= 0.6 is 11.3 Å². The molecular formula is C22H16N2O4S. The van der Waals surface area contributed by atoms with Gasteiger partial charge in [-0.15, -0.1) is 11.3 Å². The fourth-order valence-electron chi connectivity index (χ4n) is 3.41. The van der Waals surface area contributed by atoms with Gasteiger partial charge >= 0.3 is 5.97 Å². The first-order valence-corrected chi connectivity index (χ1v) is 9.93. The Balaban J connectivity index is 1.33. The van der Waals surface area contributed by atoms with Crippen LogP contribution in [0.15, 0.2) is 63.9 Å². The summed E-state index contributed by atoms with van der Waals surface area (Å²) in [5, 5.41) is 3.17. The van der Waals surface area contributed by atoms with Gasteiger partial charge in [-0.3, -0.25) is 14.0 Å². The molecule has 3 heterocycles. The maximum absolute atomic E-state index is 12.3. The van der Waals surface area contributed by atoms with E-state index in [9.17, 15) is 9.59 Å². The number of furan rings is 1. The Morgan fingerprint density at radius 2 is 2.03 bits per heavy atom. The standard InChI is InChI=1S/C22H16N2O4S/c1-13-11-24-20(25)8-15(23-22(24)29-13)12-27-21(26)10-16-9-18-17-5-3-2-4-14(17)6-7-19(18)28-16/h2-9,11H,10,12H2,1H3. The van der Waals surface area contributed by atoms with Crippen LogP contribution in [0.4, 0.5) is 0 Å². The number of benzene rings is 2. The molecule has 3 aromatic heterocycles. The summed E-state index contributed by atoms with van der Waals surface area (Å²) in [5.74, 6) is 0.108. The highest BCUT2D eigenvalue weighted by Gasteiger charge is 2.13. The van der Waals surface area contributed by atoms with E-state index in [1.54, 1.807) is 6.20 Å². The molecule has 0 saturated heterocycles. The molecule has 29 heavy (non-hydrogen) atoms. The maximum atomic E-state index is 12.3. The third-order valence-electron chi connectivity index (χ3n) is 4.71. The second kappa shape index (κ2) is 6.86. The van der Waals surface area contributed by atoms with Crippen molar-refractivity contribution in [3.8, 4) is 0 Å². The average molecular weight is 404 g/mol. The van der Waals surface area contributed by atoms with Crippen molar-refractivity contribution in [2.75, 3.05) is 0 Å². The summed E-state index contributed by atoms with van der Waals surface area (Å²) in [4.78, 5) is 30.4. The van der Waals surface area contributed by atoms with Crippen molar-refractivity contribution >= 4 is 44.0 Å². The quantitative estimate of drug-likeness (QED) is 0.419. The number of thiazole rings is 1. The van der Waals surface area contributed by atoms with Crippen molar-refractivity contribution in [1.82, 2.24) is 9.38 Å². The first kappa shape index (κ1) is 17.6. The molecule has 0 atom stereocenters. The molecule has 0 fully saturated rings. The number of carbonyl (C=O) groups is 1. The topological polar surface area (TPSA) is 73.8 Å². The van der Waals surface area contributed by atoms with Gasteiger partial charge in [0.1, 0.15) is 24.4 Å². The van der Waals surface area contributed by atoms with E-state index in [1.807, 2.05) is 49.4 Å². The summed E-state index contributed by atoms with van der Waals surface area (Å²) in [6.07, 6.45) is 1.76. The van der Waals surface area contributed by atoms with E-state index in [1.165, 1.54) is 21.8 Å². The van der Waals surface area contributed by atoms with Crippen LogP contribution in [0.5, 0.6) is 0 Å². The maximum Gasteiger partial charge on any atom is 0.313 e. The zero-order valence-corrected chi connectivity index (χ0v) is 16.4. The van der Waals surface area contributed by atoms with Crippen molar-refractivity contribution in [2.24, 2.45) is 0 Å². The van der Waals surface area contributed by atoms with Crippen molar-refractivity contribution in [2.45, 2.75) is 20.0 Å². The molecule has 0 amide bonds. The molecule has 0 saturated carbocycles. The first-order valence-electron chi connectivity index (χ1n) is 9.11. The summed E-state index contributed by atoms with van der Waals surface area (Å²) in [7, 11) is 0. The van der Waals surface area contributed by atoms with E-state index in [-0.39, 0.29) is 18.6 Å². The van der Waals surface area contributed by atoms with Crippen molar-refractivity contribution in [3.63, 3.8) is 0 Å². The van der Waals surface area contributed by atoms with Crippen molar-refractivity contribution in [1.29, 1.82) is 0 Å². The van der Waals surface area contributed by atoms with Gasteiger partial charge in [-0.1, -0.05) is 30.3 Å². The molecule has 0 aliphatic heterocycles. The van der Waals surface area contributed by atoms with Crippen LogP contribution in [0.25, 0.3) is 26.7 Å². The highest BCUT2D eigenvalue weighted by Crippen LogP contribution is 2.28. The highest BCUT2D eigenvalue weighted by molar-refractivity contribution is 7.16. The van der Waals surface area contributed by atoms with E-state index in [2.05, 4.69) is 4.98 Å². The Bertz CT molecular complexity index is 1440. The number of nitrogens with zero attached hydrogens (tertiary/aromatic N) is 2. The molecule has 0 radical (unpaired) electrons. The Morgan fingerprint density at radius 3 is 2.93 bits per heavy atom. The summed E-state index contributed by atoms with van der Waals surface area (Å²) in [5.41, 5.74) is 0.982. The average Bonchev–Trinajstić information content (AvgIpc) is 3.29. The monoisotopic (exact) mass is 404 g/mol. The van der Waals surface area contributed by atoms with Crippen molar-refractivity contribution in [3.05, 3.63) is 81.4 Å². The molecule has 0 aliphatic carbocycles. The molecule has 0 bridgehead atoms. The van der Waals surface area contributed by atoms with Crippen LogP contribution in [0.1, 0.15) is 16.3 Å². The molecule has 0 spiro atoms. The van der Waals surface area contributed by atoms with Gasteiger partial charge in [0, 0.05) is 22.5 Å². The van der Waals surface area contributed by atoms with Crippen LogP contribution in [0, 0.1) is 6.92 Å². The Kier molecular flexibility index (Phi) is 4.17. The Morgan fingerprint density at radius 1 is 1.17 bits per heavy atom. The predicted octanol–water partition coefficient (Wildman–Crippen LogP) is 4.25. The lowest BCUT2D eigenvalue weighted by molar-refractivity contribution is -0.144. The van der Waals surface area contributed by atoms with Gasteiger partial charge in [-0.05, 0) is 29.8 Å². The zero-order chi connectivity index (χ0) is 20.0. The van der Waals surface area contributed by atoms with Gasteiger partial charge in [0.2, 0.25) is 0 Å². The third kappa shape index (κ3) is 3.30. The van der Waals surface area contributed by atoms with E-state index in [0.29, 0.717) is 16.4 Å². The number of aryl methyl sites for hydroxylation is 1. The molecule has 0 aliphatic rings. The summed E-state index contributed by atoms with van der Waals surface area (Å²) in [6, 6.07) is 15.2. The minimum atomic E-state index is -0.433. The number of fused-ring (bicyclic) bond motifs is 4. The number of carbonyl (C=O) groups excluding carboxylic acids is 1. The predicted molar refractivity (Wildman–Crippen MR) is 111 cm³/mol. The van der Waals surface area contributed by atoms with Gasteiger partial charge < -0.3 is 9.15 Å². The van der Waals surface area contributed by atoms with Crippen LogP contribution in [0.3, 0.4) is 0 Å². The zero-order valence-electron chi connectivity index (χ0n) is 15.5. The van der Waals surface area contributed by atoms with E-state index < -0.39 is 5.97 Å². The fraction of sp³-hybridized carbons (Fsp3) is 0.136. The van der Waals surface area contributed by atoms with Crippen LogP contribution in [-0.4, -0.2) is 15.4 Å². The molecule has 2 aromatic carbocycles. The number of esters is 1. The third-order valence-corrected chi connectivity index (χ3v) is 5.61. The molecule has 5 rings (SSSR count). The Labute approximate surface area is 169 Å². The molecule has 6 nitrogen and oxygen atoms in total. The summed E-state index contributed by atoms with van der Waals surface area (Å²) < 4.78 is 12.6. The van der Waals surface area contributed by atoms with Crippen LogP contribution < -0.4 is 5.56 Å². The number of ether oxygens (including phenoxy) is 1. The number of aromatic nitrogens is 2. The molecule has 5 aromatic rings.